The predicted octanol–water partition coefficient (Wildman–Crippen LogP) is 2.48. The fourth-order valence-corrected chi connectivity index (χ4v) is 5.04. The number of halogens is 1. The van der Waals surface area contributed by atoms with Gasteiger partial charge in [-0.3, -0.25) is 9.89 Å². The van der Waals surface area contributed by atoms with Crippen LogP contribution in [-0.2, 0) is 10.2 Å². The van der Waals surface area contributed by atoms with E-state index >= 15 is 0 Å². The monoisotopic (exact) mass is 488 g/mol. The third-order valence-corrected chi connectivity index (χ3v) is 7.88. The van der Waals surface area contributed by atoms with Crippen molar-refractivity contribution in [3.8, 4) is 11.5 Å². The minimum atomic E-state index is -3.45. The maximum Gasteiger partial charge on any atom is 0.281 e. The normalized spacial score (nSPS) is 20.9. The maximum absolute atomic E-state index is 13.1. The van der Waals surface area contributed by atoms with Crippen LogP contribution in [0, 0.1) is 5.82 Å². The zero-order chi connectivity index (χ0) is 24.3. The van der Waals surface area contributed by atoms with Gasteiger partial charge in [0.05, 0.1) is 11.8 Å². The molecule has 2 aliphatic rings. The van der Waals surface area contributed by atoms with E-state index in [1.165, 1.54) is 34.8 Å². The van der Waals surface area contributed by atoms with Crippen molar-refractivity contribution in [2.45, 2.75) is 18.7 Å². The number of aliphatic imine (C=N–C) groups is 1. The Labute approximate surface area is 199 Å². The van der Waals surface area contributed by atoms with Gasteiger partial charge in [-0.25, -0.2) is 4.39 Å². The molecule has 0 aliphatic carbocycles. The van der Waals surface area contributed by atoms with Gasteiger partial charge in [0.1, 0.15) is 23.5 Å². The molecule has 0 amide bonds. The summed E-state index contributed by atoms with van der Waals surface area (Å²) in [6.07, 6.45) is 3.73. The fraction of sp³-hybridized carbons (Fsp3) is 0.375. The third kappa shape index (κ3) is 5.53. The SMILES string of the molecule is CN(C)S(=O)(=O)N1CCN(C(O)C2CC=CC(c3ccc(Oc4ccc(F)cc4)cc3)=N2)CC1. The van der Waals surface area contributed by atoms with Gasteiger partial charge < -0.3 is 9.84 Å². The Morgan fingerprint density at radius 2 is 1.62 bits per heavy atom. The molecule has 0 saturated carbocycles. The molecule has 2 heterocycles. The molecule has 10 heteroatoms. The third-order valence-electron chi connectivity index (χ3n) is 5.94. The molecule has 1 N–H and O–H groups in total. The van der Waals surface area contributed by atoms with Gasteiger partial charge in [0, 0.05) is 40.3 Å². The number of nitrogens with zero attached hydrogens (tertiary/aromatic N) is 4. The van der Waals surface area contributed by atoms with Gasteiger partial charge in [-0.05, 0) is 66.6 Å². The highest BCUT2D eigenvalue weighted by molar-refractivity contribution is 7.86. The number of dihydropyridines is 1. The van der Waals surface area contributed by atoms with E-state index in [4.69, 9.17) is 9.73 Å². The molecule has 0 spiro atoms. The number of allylic oxidation sites excluding steroid dienone is 1. The smallest absolute Gasteiger partial charge is 0.281 e. The van der Waals surface area contributed by atoms with Crippen molar-refractivity contribution in [2.24, 2.45) is 4.99 Å². The molecule has 2 aromatic carbocycles. The molecular formula is C24H29FN4O4S. The van der Waals surface area contributed by atoms with Crippen LogP contribution in [0.4, 0.5) is 4.39 Å². The standard InChI is InChI=1S/C24H29FN4O4S/c1-27(2)34(31,32)29-16-14-28(15-17-29)24(30)23-5-3-4-22(26-23)18-6-10-20(11-7-18)33-21-12-8-19(25)9-13-21/h3-4,6-13,23-24,30H,5,14-17H2,1-2H3. The van der Waals surface area contributed by atoms with E-state index in [1.807, 2.05) is 41.3 Å². The van der Waals surface area contributed by atoms with Gasteiger partial charge in [0.15, 0.2) is 0 Å². The lowest BCUT2D eigenvalue weighted by Crippen LogP contribution is -2.56. The Kier molecular flexibility index (Phi) is 7.44. The minimum absolute atomic E-state index is 0.318. The average molecular weight is 489 g/mol. The number of ether oxygens (including phenoxy) is 1. The first kappa shape index (κ1) is 24.5. The molecule has 34 heavy (non-hydrogen) atoms. The van der Waals surface area contributed by atoms with Crippen molar-refractivity contribution in [2.75, 3.05) is 40.3 Å². The van der Waals surface area contributed by atoms with Gasteiger partial charge in [-0.2, -0.15) is 17.0 Å². The van der Waals surface area contributed by atoms with Gasteiger partial charge in [-0.1, -0.05) is 6.08 Å². The first-order chi connectivity index (χ1) is 16.2. The number of rotatable bonds is 7. The molecule has 8 nitrogen and oxygen atoms in total. The van der Waals surface area contributed by atoms with Gasteiger partial charge in [0.25, 0.3) is 10.2 Å². The zero-order valence-electron chi connectivity index (χ0n) is 19.2. The number of hydrogen-bond acceptors (Lipinski definition) is 6. The van der Waals surface area contributed by atoms with Crippen LogP contribution in [0.15, 0.2) is 65.7 Å². The number of aliphatic hydroxyl groups is 1. The topological polar surface area (TPSA) is 85.7 Å². The Morgan fingerprint density at radius 3 is 2.21 bits per heavy atom. The highest BCUT2D eigenvalue weighted by atomic mass is 32.2. The lowest BCUT2D eigenvalue weighted by Gasteiger charge is -2.39. The molecule has 0 bridgehead atoms. The van der Waals surface area contributed by atoms with Crippen molar-refractivity contribution in [3.05, 3.63) is 72.1 Å². The molecule has 2 aromatic rings. The van der Waals surface area contributed by atoms with Crippen LogP contribution in [-0.4, -0.2) is 85.3 Å². The van der Waals surface area contributed by atoms with Gasteiger partial charge in [-0.15, -0.1) is 0 Å². The molecule has 1 fully saturated rings. The molecule has 4 rings (SSSR count). The summed E-state index contributed by atoms with van der Waals surface area (Å²) in [5, 5.41) is 10.9. The van der Waals surface area contributed by atoms with E-state index in [1.54, 1.807) is 12.1 Å². The van der Waals surface area contributed by atoms with E-state index in [0.29, 0.717) is 44.1 Å². The summed E-state index contributed by atoms with van der Waals surface area (Å²) >= 11 is 0. The first-order valence-corrected chi connectivity index (χ1v) is 12.5. The molecular weight excluding hydrogens is 459 g/mol. The highest BCUT2D eigenvalue weighted by Gasteiger charge is 2.33. The van der Waals surface area contributed by atoms with E-state index in [0.717, 1.165) is 11.3 Å². The zero-order valence-corrected chi connectivity index (χ0v) is 20.0. The number of aliphatic hydroxyl groups excluding tert-OH is 1. The molecule has 1 saturated heterocycles. The summed E-state index contributed by atoms with van der Waals surface area (Å²) in [5.74, 6) is 0.852. The Balaban J connectivity index is 1.38. The summed E-state index contributed by atoms with van der Waals surface area (Å²) < 4.78 is 46.1. The van der Waals surface area contributed by atoms with Crippen molar-refractivity contribution < 1.29 is 22.7 Å². The lowest BCUT2D eigenvalue weighted by atomic mass is 10.0. The quantitative estimate of drug-likeness (QED) is 0.647. The van der Waals surface area contributed by atoms with Crippen LogP contribution in [0.2, 0.25) is 0 Å². The number of benzene rings is 2. The van der Waals surface area contributed by atoms with Crippen LogP contribution in [0.1, 0.15) is 12.0 Å². The summed E-state index contributed by atoms with van der Waals surface area (Å²) in [5.41, 5.74) is 1.65. The van der Waals surface area contributed by atoms with Crippen molar-refractivity contribution in [1.82, 2.24) is 13.5 Å². The molecule has 0 aromatic heterocycles. The summed E-state index contributed by atoms with van der Waals surface area (Å²) in [4.78, 5) is 6.64. The number of hydrogen-bond donors (Lipinski definition) is 1. The van der Waals surface area contributed by atoms with E-state index in [9.17, 15) is 17.9 Å². The van der Waals surface area contributed by atoms with Crippen molar-refractivity contribution in [1.29, 1.82) is 0 Å². The summed E-state index contributed by atoms with van der Waals surface area (Å²) in [7, 11) is -0.419. The molecule has 2 atom stereocenters. The van der Waals surface area contributed by atoms with Gasteiger partial charge in [0.2, 0.25) is 0 Å². The molecule has 2 aliphatic heterocycles. The highest BCUT2D eigenvalue weighted by Crippen LogP contribution is 2.24. The molecule has 0 radical (unpaired) electrons. The fourth-order valence-electron chi connectivity index (χ4n) is 3.96. The van der Waals surface area contributed by atoms with Gasteiger partial charge >= 0.3 is 0 Å². The largest absolute Gasteiger partial charge is 0.457 e. The predicted molar refractivity (Wildman–Crippen MR) is 129 cm³/mol. The van der Waals surface area contributed by atoms with E-state index in [2.05, 4.69) is 0 Å². The average Bonchev–Trinajstić information content (AvgIpc) is 2.85. The van der Waals surface area contributed by atoms with E-state index < -0.39 is 16.4 Å². The number of piperazine rings is 1. The van der Waals surface area contributed by atoms with Crippen LogP contribution in [0.5, 0.6) is 11.5 Å². The van der Waals surface area contributed by atoms with Crippen LogP contribution >= 0.6 is 0 Å². The van der Waals surface area contributed by atoms with Crippen LogP contribution in [0.3, 0.4) is 0 Å². The summed E-state index contributed by atoms with van der Waals surface area (Å²) in [6, 6.07) is 12.9. The second-order valence-corrected chi connectivity index (χ2v) is 10.6. The molecule has 2 unspecified atom stereocenters. The maximum atomic E-state index is 13.1. The minimum Gasteiger partial charge on any atom is -0.457 e. The molecule has 182 valence electrons. The van der Waals surface area contributed by atoms with Crippen LogP contribution < -0.4 is 4.74 Å². The second-order valence-electron chi connectivity index (χ2n) is 8.44. The Morgan fingerprint density at radius 1 is 1.03 bits per heavy atom. The van der Waals surface area contributed by atoms with Crippen LogP contribution in [0.25, 0.3) is 0 Å². The van der Waals surface area contributed by atoms with Crippen molar-refractivity contribution in [3.63, 3.8) is 0 Å². The van der Waals surface area contributed by atoms with E-state index in [-0.39, 0.29) is 11.9 Å². The Hall–Kier alpha value is -2.63. The summed E-state index contributed by atoms with van der Waals surface area (Å²) in [6.45, 7) is 1.53. The Bertz CT molecular complexity index is 1140. The lowest BCUT2D eigenvalue weighted by molar-refractivity contribution is -0.0298. The van der Waals surface area contributed by atoms with Crippen molar-refractivity contribution >= 4 is 15.9 Å². The second kappa shape index (κ2) is 10.3. The first-order valence-electron chi connectivity index (χ1n) is 11.1.